The van der Waals surface area contributed by atoms with E-state index in [2.05, 4.69) is 44.5 Å². The van der Waals surface area contributed by atoms with Crippen molar-refractivity contribution in [1.82, 2.24) is 5.32 Å². The quantitative estimate of drug-likeness (QED) is 0.639. The summed E-state index contributed by atoms with van der Waals surface area (Å²) in [7, 11) is 1.58. The van der Waals surface area contributed by atoms with E-state index in [0.29, 0.717) is 15.8 Å². The number of anilines is 2. The number of rotatable bonds is 4. The molecular weight excluding hydrogens is 438 g/mol. The molecule has 1 aliphatic heterocycles. The van der Waals surface area contributed by atoms with E-state index in [1.165, 1.54) is 12.8 Å². The second kappa shape index (κ2) is 9.39. The first-order valence-corrected chi connectivity index (χ1v) is 10.5. The van der Waals surface area contributed by atoms with Crippen LogP contribution < -0.4 is 20.3 Å². The molecule has 2 aromatic carbocycles. The summed E-state index contributed by atoms with van der Waals surface area (Å²) >= 11 is 8.77. The highest BCUT2D eigenvalue weighted by molar-refractivity contribution is 9.10. The Balaban J connectivity index is 1.66. The lowest BCUT2D eigenvalue weighted by atomic mass is 9.98. The van der Waals surface area contributed by atoms with Gasteiger partial charge in [-0.15, -0.1) is 0 Å². The maximum atomic E-state index is 12.5. The number of nitrogens with zero attached hydrogens (tertiary/aromatic N) is 1. The lowest BCUT2D eigenvalue weighted by Crippen LogP contribution is -2.36. The number of amides is 1. The molecule has 7 heteroatoms. The SMILES string of the molecule is COc1ccc(C(=O)NC(=S)Nc2ccccc2N2CCC(C)CC2)cc1Br. The van der Waals surface area contributed by atoms with E-state index in [1.807, 2.05) is 18.2 Å². The van der Waals surface area contributed by atoms with Crippen molar-refractivity contribution >= 4 is 50.5 Å². The van der Waals surface area contributed by atoms with Crippen LogP contribution in [-0.2, 0) is 0 Å². The lowest BCUT2D eigenvalue weighted by molar-refractivity contribution is 0.0977. The molecule has 0 unspecified atom stereocenters. The number of nitrogens with one attached hydrogen (secondary N) is 2. The van der Waals surface area contributed by atoms with Gasteiger partial charge in [-0.2, -0.15) is 0 Å². The molecule has 1 heterocycles. The van der Waals surface area contributed by atoms with Gasteiger partial charge in [-0.25, -0.2) is 0 Å². The van der Waals surface area contributed by atoms with Crippen molar-refractivity contribution in [2.45, 2.75) is 19.8 Å². The van der Waals surface area contributed by atoms with Crippen molar-refractivity contribution < 1.29 is 9.53 Å². The second-order valence-electron chi connectivity index (χ2n) is 6.94. The summed E-state index contributed by atoms with van der Waals surface area (Å²) in [5.41, 5.74) is 2.51. The van der Waals surface area contributed by atoms with Crippen LogP contribution in [-0.4, -0.2) is 31.2 Å². The first kappa shape index (κ1) is 20.6. The molecule has 0 radical (unpaired) electrons. The molecule has 0 saturated carbocycles. The van der Waals surface area contributed by atoms with Gasteiger partial charge in [0.25, 0.3) is 5.91 Å². The van der Waals surface area contributed by atoms with Crippen LogP contribution in [0.1, 0.15) is 30.1 Å². The van der Waals surface area contributed by atoms with Gasteiger partial charge in [0.1, 0.15) is 5.75 Å². The predicted molar refractivity (Wildman–Crippen MR) is 121 cm³/mol. The third-order valence-corrected chi connectivity index (χ3v) is 5.74. The number of benzene rings is 2. The van der Waals surface area contributed by atoms with Crippen LogP contribution in [0.5, 0.6) is 5.75 Å². The zero-order chi connectivity index (χ0) is 20.1. The molecule has 5 nitrogen and oxygen atoms in total. The van der Waals surface area contributed by atoms with Crippen LogP contribution in [0.25, 0.3) is 0 Å². The predicted octanol–water partition coefficient (Wildman–Crippen LogP) is 4.82. The van der Waals surface area contributed by atoms with E-state index in [-0.39, 0.29) is 11.0 Å². The average molecular weight is 462 g/mol. The van der Waals surface area contributed by atoms with Crippen molar-refractivity contribution in [2.75, 3.05) is 30.4 Å². The van der Waals surface area contributed by atoms with Gasteiger partial charge >= 0.3 is 0 Å². The highest BCUT2D eigenvalue weighted by Crippen LogP contribution is 2.30. The number of hydrogen-bond acceptors (Lipinski definition) is 4. The first-order valence-electron chi connectivity index (χ1n) is 9.27. The van der Waals surface area contributed by atoms with Crippen molar-refractivity contribution in [3.8, 4) is 5.75 Å². The molecule has 0 aromatic heterocycles. The summed E-state index contributed by atoms with van der Waals surface area (Å²) in [5.74, 6) is 1.16. The molecule has 0 aliphatic carbocycles. The number of methoxy groups -OCH3 is 1. The summed E-state index contributed by atoms with van der Waals surface area (Å²) in [4.78, 5) is 14.9. The van der Waals surface area contributed by atoms with Gasteiger partial charge in [0.05, 0.1) is 23.0 Å². The Hall–Kier alpha value is -2.12. The maximum Gasteiger partial charge on any atom is 0.257 e. The summed E-state index contributed by atoms with van der Waals surface area (Å²) in [6.45, 7) is 4.35. The Labute approximate surface area is 179 Å². The number of para-hydroxylation sites is 2. The van der Waals surface area contributed by atoms with E-state index < -0.39 is 0 Å². The molecule has 0 bridgehead atoms. The number of carbonyl (C=O) groups is 1. The second-order valence-corrected chi connectivity index (χ2v) is 8.21. The van der Waals surface area contributed by atoms with Crippen LogP contribution >= 0.6 is 28.1 Å². The standard InChI is InChI=1S/C21H24BrN3O2S/c1-14-9-11-25(12-10-14)18-6-4-3-5-17(18)23-21(28)24-20(26)15-7-8-19(27-2)16(22)13-15/h3-8,13-14H,9-12H2,1-2H3,(H2,23,24,26,28). The number of halogens is 1. The van der Waals surface area contributed by atoms with Crippen molar-refractivity contribution in [2.24, 2.45) is 5.92 Å². The normalized spacial score (nSPS) is 14.5. The number of ether oxygens (including phenoxy) is 1. The molecular formula is C21H24BrN3O2S. The molecule has 0 spiro atoms. The number of piperidine rings is 1. The minimum atomic E-state index is -0.273. The molecule has 28 heavy (non-hydrogen) atoms. The summed E-state index contributed by atoms with van der Waals surface area (Å²) in [5, 5.41) is 6.20. The number of carbonyl (C=O) groups excluding carboxylic acids is 1. The van der Waals surface area contributed by atoms with Gasteiger partial charge in [0.15, 0.2) is 5.11 Å². The van der Waals surface area contributed by atoms with Crippen LogP contribution in [0.3, 0.4) is 0 Å². The summed E-state index contributed by atoms with van der Waals surface area (Å²) in [6, 6.07) is 13.2. The minimum absolute atomic E-state index is 0.273. The fourth-order valence-corrected chi connectivity index (χ4v) is 3.98. The highest BCUT2D eigenvalue weighted by atomic mass is 79.9. The molecule has 2 N–H and O–H groups in total. The fourth-order valence-electron chi connectivity index (χ4n) is 3.24. The van der Waals surface area contributed by atoms with Gasteiger partial charge in [-0.05, 0) is 77.2 Å². The Morgan fingerprint density at radius 3 is 2.61 bits per heavy atom. The van der Waals surface area contributed by atoms with E-state index in [9.17, 15) is 4.79 Å². The molecule has 2 aromatic rings. The molecule has 148 valence electrons. The van der Waals surface area contributed by atoms with E-state index in [1.54, 1.807) is 25.3 Å². The summed E-state index contributed by atoms with van der Waals surface area (Å²) < 4.78 is 5.91. The Kier molecular flexibility index (Phi) is 6.91. The highest BCUT2D eigenvalue weighted by Gasteiger charge is 2.19. The first-order chi connectivity index (χ1) is 13.5. The Morgan fingerprint density at radius 2 is 1.93 bits per heavy atom. The monoisotopic (exact) mass is 461 g/mol. The van der Waals surface area contributed by atoms with Crippen LogP contribution in [0.15, 0.2) is 46.9 Å². The van der Waals surface area contributed by atoms with Crippen molar-refractivity contribution in [3.63, 3.8) is 0 Å². The molecule has 1 saturated heterocycles. The zero-order valence-electron chi connectivity index (χ0n) is 16.0. The molecule has 1 aliphatic rings. The largest absolute Gasteiger partial charge is 0.496 e. The molecule has 1 amide bonds. The minimum Gasteiger partial charge on any atom is -0.496 e. The number of thiocarbonyl (C=S) groups is 1. The molecule has 0 atom stereocenters. The van der Waals surface area contributed by atoms with E-state index >= 15 is 0 Å². The third-order valence-electron chi connectivity index (χ3n) is 4.92. The molecule has 3 rings (SSSR count). The lowest BCUT2D eigenvalue weighted by Gasteiger charge is -2.33. The average Bonchev–Trinajstić information content (AvgIpc) is 2.69. The van der Waals surface area contributed by atoms with Gasteiger partial charge in [0, 0.05) is 18.7 Å². The van der Waals surface area contributed by atoms with Gasteiger partial charge < -0.3 is 15.0 Å². The van der Waals surface area contributed by atoms with Crippen LogP contribution in [0.4, 0.5) is 11.4 Å². The third kappa shape index (κ3) is 5.02. The zero-order valence-corrected chi connectivity index (χ0v) is 18.4. The fraction of sp³-hybridized carbons (Fsp3) is 0.333. The van der Waals surface area contributed by atoms with Crippen molar-refractivity contribution in [1.29, 1.82) is 0 Å². The number of hydrogen-bond donors (Lipinski definition) is 2. The maximum absolute atomic E-state index is 12.5. The van der Waals surface area contributed by atoms with Gasteiger partial charge in [0.2, 0.25) is 0 Å². The Morgan fingerprint density at radius 1 is 1.21 bits per heavy atom. The van der Waals surface area contributed by atoms with Crippen LogP contribution in [0.2, 0.25) is 0 Å². The van der Waals surface area contributed by atoms with Crippen molar-refractivity contribution in [3.05, 3.63) is 52.5 Å². The summed E-state index contributed by atoms with van der Waals surface area (Å²) in [6.07, 6.45) is 2.36. The topological polar surface area (TPSA) is 53.6 Å². The van der Waals surface area contributed by atoms with Crippen LogP contribution in [0, 0.1) is 5.92 Å². The van der Waals surface area contributed by atoms with E-state index in [4.69, 9.17) is 17.0 Å². The van der Waals surface area contributed by atoms with E-state index in [0.717, 1.165) is 30.4 Å². The van der Waals surface area contributed by atoms with Gasteiger partial charge in [-0.1, -0.05) is 19.1 Å². The van der Waals surface area contributed by atoms with Gasteiger partial charge in [-0.3, -0.25) is 10.1 Å². The smallest absolute Gasteiger partial charge is 0.257 e. The molecule has 1 fully saturated rings. The Bertz CT molecular complexity index is 866.